The number of methoxy groups -OCH3 is 1. The van der Waals surface area contributed by atoms with E-state index in [1.807, 2.05) is 12.1 Å². The maximum atomic E-state index is 5.51. The number of hydrogen-bond donors (Lipinski definition) is 2. The van der Waals surface area contributed by atoms with Crippen molar-refractivity contribution < 1.29 is 4.74 Å². The number of hydrogen-bond acceptors (Lipinski definition) is 3. The third-order valence-corrected chi connectivity index (χ3v) is 2.42. The summed E-state index contributed by atoms with van der Waals surface area (Å²) in [6, 6.07) is 8.55. The lowest BCUT2D eigenvalue weighted by Gasteiger charge is -2.10. The largest absolute Gasteiger partial charge is 0.497 e. The monoisotopic (exact) mass is 208 g/mol. The fourth-order valence-electron chi connectivity index (χ4n) is 1.34. The molecule has 0 saturated carbocycles. The summed E-state index contributed by atoms with van der Waals surface area (Å²) >= 11 is 0. The molecule has 0 spiro atoms. The Morgan fingerprint density at radius 3 is 2.53 bits per heavy atom. The van der Waals surface area contributed by atoms with E-state index in [0.717, 1.165) is 18.7 Å². The number of rotatable bonds is 6. The zero-order valence-corrected chi connectivity index (χ0v) is 9.49. The van der Waals surface area contributed by atoms with Gasteiger partial charge in [-0.2, -0.15) is 0 Å². The van der Waals surface area contributed by atoms with Gasteiger partial charge in [0.05, 0.1) is 7.11 Å². The lowest BCUT2D eigenvalue weighted by Crippen LogP contribution is -2.34. The van der Waals surface area contributed by atoms with E-state index in [2.05, 4.69) is 24.4 Å². The van der Waals surface area contributed by atoms with Crippen molar-refractivity contribution in [3.63, 3.8) is 0 Å². The van der Waals surface area contributed by atoms with Crippen LogP contribution in [0.5, 0.6) is 5.75 Å². The molecule has 84 valence electrons. The molecule has 0 aliphatic carbocycles. The molecule has 0 heterocycles. The van der Waals surface area contributed by atoms with Gasteiger partial charge in [-0.15, -0.1) is 0 Å². The molecule has 1 aromatic rings. The van der Waals surface area contributed by atoms with Gasteiger partial charge in [0.15, 0.2) is 0 Å². The summed E-state index contributed by atoms with van der Waals surface area (Å²) in [5.41, 5.74) is 6.82. The quantitative estimate of drug-likeness (QED) is 0.738. The molecule has 0 unspecified atom stereocenters. The van der Waals surface area contributed by atoms with Crippen LogP contribution in [0.25, 0.3) is 0 Å². The first-order chi connectivity index (χ1) is 7.26. The van der Waals surface area contributed by atoms with Gasteiger partial charge in [-0.3, -0.25) is 0 Å². The van der Waals surface area contributed by atoms with Gasteiger partial charge in [-0.1, -0.05) is 12.1 Å². The predicted octanol–water partition coefficient (Wildman–Crippen LogP) is 1.17. The van der Waals surface area contributed by atoms with Crippen molar-refractivity contribution in [2.75, 3.05) is 20.2 Å². The highest BCUT2D eigenvalue weighted by molar-refractivity contribution is 5.27. The first kappa shape index (κ1) is 12.0. The van der Waals surface area contributed by atoms with Gasteiger partial charge in [0.2, 0.25) is 0 Å². The van der Waals surface area contributed by atoms with Gasteiger partial charge in [0.25, 0.3) is 0 Å². The second-order valence-electron chi connectivity index (χ2n) is 3.69. The molecule has 0 bridgehead atoms. The lowest BCUT2D eigenvalue weighted by atomic mass is 10.1. The third-order valence-electron chi connectivity index (χ3n) is 2.42. The van der Waals surface area contributed by atoms with Gasteiger partial charge >= 0.3 is 0 Å². The fraction of sp³-hybridized carbons (Fsp3) is 0.500. The smallest absolute Gasteiger partial charge is 0.118 e. The second kappa shape index (κ2) is 6.43. The molecule has 0 aliphatic heterocycles. The molecule has 0 saturated heterocycles. The molecule has 0 fully saturated rings. The van der Waals surface area contributed by atoms with Crippen LogP contribution in [-0.4, -0.2) is 26.2 Å². The van der Waals surface area contributed by atoms with E-state index in [1.165, 1.54) is 5.56 Å². The first-order valence-corrected chi connectivity index (χ1v) is 5.32. The van der Waals surface area contributed by atoms with E-state index in [-0.39, 0.29) is 0 Å². The van der Waals surface area contributed by atoms with Gasteiger partial charge in [-0.05, 0) is 37.6 Å². The fourth-order valence-corrected chi connectivity index (χ4v) is 1.34. The minimum absolute atomic E-state index is 0.392. The Labute approximate surface area is 91.6 Å². The van der Waals surface area contributed by atoms with E-state index < -0.39 is 0 Å². The predicted molar refractivity (Wildman–Crippen MR) is 63.2 cm³/mol. The Balaban J connectivity index is 2.31. The van der Waals surface area contributed by atoms with Crippen molar-refractivity contribution in [2.24, 2.45) is 5.73 Å². The summed E-state index contributed by atoms with van der Waals surface area (Å²) < 4.78 is 5.10. The molecule has 1 aromatic carbocycles. The normalized spacial score (nSPS) is 12.5. The molecule has 15 heavy (non-hydrogen) atoms. The van der Waals surface area contributed by atoms with Gasteiger partial charge in [0, 0.05) is 12.6 Å². The highest BCUT2D eigenvalue weighted by atomic mass is 16.5. The maximum absolute atomic E-state index is 5.51. The SMILES string of the molecule is COc1ccc(CCN[C@@H](C)CN)cc1. The van der Waals surface area contributed by atoms with Crippen LogP contribution in [0, 0.1) is 0 Å². The highest BCUT2D eigenvalue weighted by Crippen LogP contribution is 2.11. The van der Waals surface area contributed by atoms with Crippen LogP contribution in [0.1, 0.15) is 12.5 Å². The highest BCUT2D eigenvalue weighted by Gasteiger charge is 1.98. The van der Waals surface area contributed by atoms with Crippen LogP contribution >= 0.6 is 0 Å². The summed E-state index contributed by atoms with van der Waals surface area (Å²) in [7, 11) is 1.68. The topological polar surface area (TPSA) is 47.3 Å². The summed E-state index contributed by atoms with van der Waals surface area (Å²) in [6.07, 6.45) is 1.02. The molecule has 0 aromatic heterocycles. The zero-order valence-electron chi connectivity index (χ0n) is 9.49. The van der Waals surface area contributed by atoms with Crippen molar-refractivity contribution in [3.05, 3.63) is 29.8 Å². The zero-order chi connectivity index (χ0) is 11.1. The van der Waals surface area contributed by atoms with E-state index in [0.29, 0.717) is 12.6 Å². The number of ether oxygens (including phenoxy) is 1. The van der Waals surface area contributed by atoms with Crippen LogP contribution in [0.4, 0.5) is 0 Å². The Kier molecular flexibility index (Phi) is 5.15. The molecular formula is C12H20N2O. The van der Waals surface area contributed by atoms with Crippen molar-refractivity contribution in [1.82, 2.24) is 5.32 Å². The summed E-state index contributed by atoms with van der Waals surface area (Å²) in [6.45, 7) is 3.74. The molecule has 3 N–H and O–H groups in total. The minimum atomic E-state index is 0.392. The summed E-state index contributed by atoms with van der Waals surface area (Å²) in [5.74, 6) is 0.905. The van der Waals surface area contributed by atoms with E-state index in [9.17, 15) is 0 Å². The van der Waals surface area contributed by atoms with Crippen LogP contribution in [0.3, 0.4) is 0 Å². The average molecular weight is 208 g/mol. The lowest BCUT2D eigenvalue weighted by molar-refractivity contribution is 0.414. The molecule has 1 atom stereocenters. The first-order valence-electron chi connectivity index (χ1n) is 5.32. The van der Waals surface area contributed by atoms with Gasteiger partial charge in [-0.25, -0.2) is 0 Å². The number of benzene rings is 1. The Morgan fingerprint density at radius 1 is 1.33 bits per heavy atom. The maximum Gasteiger partial charge on any atom is 0.118 e. The minimum Gasteiger partial charge on any atom is -0.497 e. The molecular weight excluding hydrogens is 188 g/mol. The van der Waals surface area contributed by atoms with Crippen molar-refractivity contribution in [2.45, 2.75) is 19.4 Å². The van der Waals surface area contributed by atoms with Crippen LogP contribution in [0.15, 0.2) is 24.3 Å². The molecule has 3 heteroatoms. The molecule has 0 aliphatic rings. The molecule has 0 amide bonds. The van der Waals surface area contributed by atoms with E-state index in [4.69, 9.17) is 10.5 Å². The molecule has 3 nitrogen and oxygen atoms in total. The van der Waals surface area contributed by atoms with Crippen LogP contribution in [-0.2, 0) is 6.42 Å². The Morgan fingerprint density at radius 2 is 2.00 bits per heavy atom. The second-order valence-corrected chi connectivity index (χ2v) is 3.69. The van der Waals surface area contributed by atoms with Crippen molar-refractivity contribution in [3.8, 4) is 5.75 Å². The molecule has 1 rings (SSSR count). The average Bonchev–Trinajstić information content (AvgIpc) is 2.29. The summed E-state index contributed by atoms with van der Waals surface area (Å²) in [4.78, 5) is 0. The van der Waals surface area contributed by atoms with Gasteiger partial charge in [0.1, 0.15) is 5.75 Å². The number of nitrogens with two attached hydrogens (primary N) is 1. The van der Waals surface area contributed by atoms with Crippen LogP contribution < -0.4 is 15.8 Å². The Bertz CT molecular complexity index is 271. The number of nitrogens with one attached hydrogen (secondary N) is 1. The van der Waals surface area contributed by atoms with Crippen molar-refractivity contribution >= 4 is 0 Å². The van der Waals surface area contributed by atoms with E-state index in [1.54, 1.807) is 7.11 Å². The molecule has 0 radical (unpaired) electrons. The van der Waals surface area contributed by atoms with Crippen molar-refractivity contribution in [1.29, 1.82) is 0 Å². The Hall–Kier alpha value is -1.06. The third kappa shape index (κ3) is 4.32. The standard InChI is InChI=1S/C12H20N2O/c1-10(9-13)14-8-7-11-3-5-12(15-2)6-4-11/h3-6,10,14H,7-9,13H2,1-2H3/t10-/m0/s1. The summed E-state index contributed by atoms with van der Waals surface area (Å²) in [5, 5.41) is 3.35. The van der Waals surface area contributed by atoms with Gasteiger partial charge < -0.3 is 15.8 Å². The van der Waals surface area contributed by atoms with E-state index >= 15 is 0 Å². The van der Waals surface area contributed by atoms with Crippen LogP contribution in [0.2, 0.25) is 0 Å².